The maximum Gasteiger partial charge on any atom is 0.414 e. The number of hydrogen-bond donors (Lipinski definition) is 3. The second-order valence-corrected chi connectivity index (χ2v) is 9.82. The normalized spacial score (nSPS) is 22.3. The highest BCUT2D eigenvalue weighted by Gasteiger charge is 2.52. The molecule has 2 saturated heterocycles. The molecule has 3 heterocycles. The van der Waals surface area contributed by atoms with Crippen molar-refractivity contribution in [2.24, 2.45) is 5.41 Å². The van der Waals surface area contributed by atoms with Gasteiger partial charge in [-0.15, -0.1) is 0 Å². The molecule has 0 bridgehead atoms. The van der Waals surface area contributed by atoms with Crippen LogP contribution in [0.15, 0.2) is 54.6 Å². The predicted octanol–water partition coefficient (Wildman–Crippen LogP) is 2.73. The molecule has 1 spiro atoms. The van der Waals surface area contributed by atoms with E-state index in [4.69, 9.17) is 24.5 Å². The molecular weight excluding hydrogens is 450 g/mol. The number of rotatable bonds is 2. The highest BCUT2D eigenvalue weighted by Crippen LogP contribution is 2.48. The second kappa shape index (κ2) is 9.58. The molecule has 186 valence electrons. The number of aliphatic carboxylic acids is 2. The lowest BCUT2D eigenvalue weighted by Crippen LogP contribution is -2.58. The van der Waals surface area contributed by atoms with Crippen LogP contribution >= 0.6 is 0 Å². The number of carbonyl (C=O) groups is 3. The third-order valence-corrected chi connectivity index (χ3v) is 7.13. The van der Waals surface area contributed by atoms with Gasteiger partial charge in [0, 0.05) is 35.8 Å². The van der Waals surface area contributed by atoms with E-state index >= 15 is 0 Å². The van der Waals surface area contributed by atoms with Crippen molar-refractivity contribution in [1.82, 2.24) is 10.2 Å². The summed E-state index contributed by atoms with van der Waals surface area (Å²) in [6, 6.07) is 19.0. The molecule has 9 heteroatoms. The summed E-state index contributed by atoms with van der Waals surface area (Å²) < 4.78 is 6.05. The molecule has 2 fully saturated rings. The average molecular weight is 482 g/mol. The van der Waals surface area contributed by atoms with E-state index in [0.29, 0.717) is 19.3 Å². The molecule has 5 rings (SSSR count). The number of nitrogens with one attached hydrogen (secondary N) is 1. The quantitative estimate of drug-likeness (QED) is 0.560. The van der Waals surface area contributed by atoms with Crippen molar-refractivity contribution < 1.29 is 29.3 Å². The summed E-state index contributed by atoms with van der Waals surface area (Å²) in [6.45, 7) is 7.69. The molecule has 0 aliphatic carbocycles. The number of carboxylic acids is 2. The molecule has 3 aliphatic rings. The number of anilines is 1. The zero-order chi connectivity index (χ0) is 25.2. The molecular formula is C26H31N3O6. The second-order valence-electron chi connectivity index (χ2n) is 9.82. The summed E-state index contributed by atoms with van der Waals surface area (Å²) in [5.74, 6) is -2.47. The molecule has 1 unspecified atom stereocenters. The number of piperidine rings is 1. The van der Waals surface area contributed by atoms with Crippen molar-refractivity contribution in [1.29, 1.82) is 0 Å². The first kappa shape index (κ1) is 24.5. The molecule has 35 heavy (non-hydrogen) atoms. The van der Waals surface area contributed by atoms with E-state index in [1.165, 1.54) is 5.56 Å². The zero-order valence-electron chi connectivity index (χ0n) is 19.9. The number of para-hydroxylation sites is 2. The van der Waals surface area contributed by atoms with Crippen molar-refractivity contribution in [3.8, 4) is 5.75 Å². The third kappa shape index (κ3) is 4.68. The molecule has 3 N–H and O–H groups in total. The molecule has 2 aromatic rings. The van der Waals surface area contributed by atoms with Crippen LogP contribution in [0.1, 0.15) is 38.3 Å². The minimum atomic E-state index is -1.82. The average Bonchev–Trinajstić information content (AvgIpc) is 3.16. The van der Waals surface area contributed by atoms with Gasteiger partial charge in [-0.3, -0.25) is 9.69 Å². The number of fused-ring (bicyclic) bond motifs is 1. The Morgan fingerprint density at radius 3 is 2.20 bits per heavy atom. The van der Waals surface area contributed by atoms with Crippen LogP contribution in [0.4, 0.5) is 5.69 Å². The highest BCUT2D eigenvalue weighted by atomic mass is 16.5. The first-order chi connectivity index (χ1) is 16.7. The molecule has 3 aliphatic heterocycles. The summed E-state index contributed by atoms with van der Waals surface area (Å²) >= 11 is 0. The summed E-state index contributed by atoms with van der Waals surface area (Å²) in [7, 11) is 0. The predicted molar refractivity (Wildman–Crippen MR) is 129 cm³/mol. The van der Waals surface area contributed by atoms with Crippen molar-refractivity contribution in [2.75, 3.05) is 31.3 Å². The number of carboxylic acid groups (broad SMARTS) is 2. The Labute approximate surface area is 204 Å². The Bertz CT molecular complexity index is 1080. The van der Waals surface area contributed by atoms with Crippen LogP contribution in [0.2, 0.25) is 0 Å². The van der Waals surface area contributed by atoms with Crippen molar-refractivity contribution in [3.05, 3.63) is 60.2 Å². The summed E-state index contributed by atoms with van der Waals surface area (Å²) in [5, 5.41) is 17.9. The molecule has 0 radical (unpaired) electrons. The fraction of sp³-hybridized carbons (Fsp3) is 0.423. The van der Waals surface area contributed by atoms with Gasteiger partial charge < -0.3 is 25.2 Å². The SMILES string of the molecule is CC1(C)COc2ccccc2C1N1CCC2(CC1)C(=O)NCN2c1ccccc1.O=C(O)C(=O)O. The number of nitrogens with zero attached hydrogens (tertiary/aromatic N) is 2. The number of amides is 1. The van der Waals surface area contributed by atoms with E-state index in [2.05, 4.69) is 59.3 Å². The Morgan fingerprint density at radius 2 is 1.57 bits per heavy atom. The largest absolute Gasteiger partial charge is 0.493 e. The van der Waals surface area contributed by atoms with E-state index < -0.39 is 17.5 Å². The van der Waals surface area contributed by atoms with Gasteiger partial charge in [0.15, 0.2) is 0 Å². The molecule has 9 nitrogen and oxygen atoms in total. The molecule has 1 amide bonds. The van der Waals surface area contributed by atoms with E-state index in [0.717, 1.165) is 37.4 Å². The van der Waals surface area contributed by atoms with Gasteiger partial charge in [-0.2, -0.15) is 0 Å². The van der Waals surface area contributed by atoms with Gasteiger partial charge in [0.2, 0.25) is 5.91 Å². The lowest BCUT2D eigenvalue weighted by Gasteiger charge is -2.50. The fourth-order valence-electron chi connectivity index (χ4n) is 5.48. The van der Waals surface area contributed by atoms with Gasteiger partial charge in [0.05, 0.1) is 13.3 Å². The molecule has 1 atom stereocenters. The van der Waals surface area contributed by atoms with Crippen molar-refractivity contribution in [2.45, 2.75) is 38.3 Å². The van der Waals surface area contributed by atoms with Crippen LogP contribution in [0.3, 0.4) is 0 Å². The number of hydrogen-bond acceptors (Lipinski definition) is 6. The van der Waals surface area contributed by atoms with Crippen molar-refractivity contribution >= 4 is 23.5 Å². The highest BCUT2D eigenvalue weighted by molar-refractivity contribution is 6.27. The van der Waals surface area contributed by atoms with Crippen LogP contribution in [0.5, 0.6) is 5.75 Å². The Kier molecular flexibility index (Phi) is 6.71. The van der Waals surface area contributed by atoms with Gasteiger partial charge in [-0.05, 0) is 31.0 Å². The summed E-state index contributed by atoms with van der Waals surface area (Å²) in [4.78, 5) is 36.0. The lowest BCUT2D eigenvalue weighted by atomic mass is 9.76. The van der Waals surface area contributed by atoms with Crippen LogP contribution in [-0.2, 0) is 14.4 Å². The Hall–Kier alpha value is -3.59. The molecule has 0 aromatic heterocycles. The topological polar surface area (TPSA) is 119 Å². The first-order valence-electron chi connectivity index (χ1n) is 11.7. The van der Waals surface area contributed by atoms with E-state index in [1.807, 2.05) is 24.3 Å². The summed E-state index contributed by atoms with van der Waals surface area (Å²) in [6.07, 6.45) is 1.67. The third-order valence-electron chi connectivity index (χ3n) is 7.13. The lowest BCUT2D eigenvalue weighted by molar-refractivity contribution is -0.159. The van der Waals surface area contributed by atoms with Crippen molar-refractivity contribution in [3.63, 3.8) is 0 Å². The van der Waals surface area contributed by atoms with E-state index in [9.17, 15) is 4.79 Å². The van der Waals surface area contributed by atoms with Crippen LogP contribution < -0.4 is 15.0 Å². The van der Waals surface area contributed by atoms with E-state index in [-0.39, 0.29) is 11.3 Å². The Morgan fingerprint density at radius 1 is 0.971 bits per heavy atom. The number of carbonyl (C=O) groups excluding carboxylic acids is 1. The van der Waals surface area contributed by atoms with Gasteiger partial charge in [-0.25, -0.2) is 9.59 Å². The van der Waals surface area contributed by atoms with Gasteiger partial charge in [0.25, 0.3) is 0 Å². The first-order valence-corrected chi connectivity index (χ1v) is 11.7. The monoisotopic (exact) mass is 481 g/mol. The van der Waals surface area contributed by atoms with Crippen LogP contribution in [0, 0.1) is 5.41 Å². The smallest absolute Gasteiger partial charge is 0.414 e. The van der Waals surface area contributed by atoms with E-state index in [1.54, 1.807) is 0 Å². The number of benzene rings is 2. The number of likely N-dealkylation sites (tertiary alicyclic amines) is 1. The minimum Gasteiger partial charge on any atom is -0.493 e. The fourth-order valence-corrected chi connectivity index (χ4v) is 5.48. The van der Waals surface area contributed by atoms with Gasteiger partial charge in [0.1, 0.15) is 11.3 Å². The minimum absolute atomic E-state index is 0.0237. The van der Waals surface area contributed by atoms with Crippen LogP contribution in [0.25, 0.3) is 0 Å². The van der Waals surface area contributed by atoms with Gasteiger partial charge >= 0.3 is 11.9 Å². The Balaban J connectivity index is 0.000000431. The zero-order valence-corrected chi connectivity index (χ0v) is 19.9. The maximum atomic E-state index is 13.0. The molecule has 0 saturated carbocycles. The van der Waals surface area contributed by atoms with Crippen LogP contribution in [-0.4, -0.2) is 64.9 Å². The molecule has 2 aromatic carbocycles. The summed E-state index contributed by atoms with van der Waals surface area (Å²) in [5.41, 5.74) is 1.98. The number of ether oxygens (including phenoxy) is 1. The standard InChI is InChI=1S/C24H29N3O2.C2H2O4/c1-23(2)16-29-20-11-7-6-10-19(20)21(23)26-14-12-24(13-15-26)22(28)25-17-27(24)18-8-4-3-5-9-18;3-1(4)2(5)6/h3-11,21H,12-17H2,1-2H3,(H,25,28);(H,3,4)(H,5,6). The van der Waals surface area contributed by atoms with Gasteiger partial charge in [-0.1, -0.05) is 50.2 Å². The maximum absolute atomic E-state index is 13.0.